The van der Waals surface area contributed by atoms with Crippen molar-refractivity contribution < 1.29 is 40.2 Å². The summed E-state index contributed by atoms with van der Waals surface area (Å²) in [4.78, 5) is 11.6. The molecule has 0 unspecified atom stereocenters. The zero-order valence-corrected chi connectivity index (χ0v) is 20.5. The SMILES string of the molecule is COC(=O)CCc1cn(S(=O)(=O)c2cccc(-c3ccc(OC(F)(F)F)cc3)c2C)c2ccc(F)cc12. The number of aromatic nitrogens is 1. The van der Waals surface area contributed by atoms with Crippen LogP contribution in [-0.2, 0) is 26.0 Å². The fourth-order valence-electron chi connectivity index (χ4n) is 4.12. The van der Waals surface area contributed by atoms with Crippen molar-refractivity contribution in [2.75, 3.05) is 7.11 Å². The molecule has 0 aliphatic carbocycles. The highest BCUT2D eigenvalue weighted by Gasteiger charge is 2.31. The van der Waals surface area contributed by atoms with Gasteiger partial charge in [0.05, 0.1) is 17.5 Å². The number of carbonyl (C=O) groups excluding carboxylic acids is 1. The quantitative estimate of drug-likeness (QED) is 0.215. The second-order valence-electron chi connectivity index (χ2n) is 8.19. The van der Waals surface area contributed by atoms with Crippen molar-refractivity contribution in [3.63, 3.8) is 0 Å². The highest BCUT2D eigenvalue weighted by Crippen LogP contribution is 2.34. The molecule has 11 heteroatoms. The van der Waals surface area contributed by atoms with E-state index in [4.69, 9.17) is 0 Å². The van der Waals surface area contributed by atoms with Gasteiger partial charge in [0.25, 0.3) is 10.0 Å². The Morgan fingerprint density at radius 1 is 1.03 bits per heavy atom. The number of hydrogen-bond acceptors (Lipinski definition) is 5. The maximum Gasteiger partial charge on any atom is 0.573 e. The summed E-state index contributed by atoms with van der Waals surface area (Å²) < 4.78 is 88.6. The van der Waals surface area contributed by atoms with Gasteiger partial charge in [-0.1, -0.05) is 24.3 Å². The molecule has 0 amide bonds. The Labute approximate surface area is 210 Å². The topological polar surface area (TPSA) is 74.6 Å². The van der Waals surface area contributed by atoms with E-state index in [2.05, 4.69) is 9.47 Å². The number of aryl methyl sites for hydroxylation is 1. The lowest BCUT2D eigenvalue weighted by Crippen LogP contribution is -2.17. The first-order chi connectivity index (χ1) is 17.4. The molecule has 194 valence electrons. The Balaban J connectivity index is 1.77. The average Bonchev–Trinajstić information content (AvgIpc) is 3.20. The van der Waals surface area contributed by atoms with Crippen molar-refractivity contribution in [2.24, 2.45) is 0 Å². The van der Waals surface area contributed by atoms with E-state index < -0.39 is 33.9 Å². The highest BCUT2D eigenvalue weighted by atomic mass is 32.2. The van der Waals surface area contributed by atoms with E-state index in [0.29, 0.717) is 27.6 Å². The predicted molar refractivity (Wildman–Crippen MR) is 128 cm³/mol. The first-order valence-corrected chi connectivity index (χ1v) is 12.4. The normalized spacial score (nSPS) is 12.1. The summed E-state index contributed by atoms with van der Waals surface area (Å²) in [5, 5.41) is 0.349. The molecular weight excluding hydrogens is 514 g/mol. The van der Waals surface area contributed by atoms with Gasteiger partial charge >= 0.3 is 12.3 Å². The molecule has 6 nitrogen and oxygen atoms in total. The Bertz CT molecular complexity index is 1580. The number of methoxy groups -OCH3 is 1. The highest BCUT2D eigenvalue weighted by molar-refractivity contribution is 7.90. The summed E-state index contributed by atoms with van der Waals surface area (Å²) in [6.45, 7) is 1.59. The molecular formula is C26H21F4NO5S. The lowest BCUT2D eigenvalue weighted by molar-refractivity contribution is -0.274. The van der Waals surface area contributed by atoms with Crippen molar-refractivity contribution in [3.05, 3.63) is 83.8 Å². The number of benzene rings is 3. The van der Waals surface area contributed by atoms with Crippen molar-refractivity contribution in [2.45, 2.75) is 31.0 Å². The van der Waals surface area contributed by atoms with Gasteiger partial charge in [0.1, 0.15) is 11.6 Å². The third-order valence-electron chi connectivity index (χ3n) is 5.86. The zero-order valence-electron chi connectivity index (χ0n) is 19.7. The van der Waals surface area contributed by atoms with Crippen molar-refractivity contribution in [3.8, 4) is 16.9 Å². The van der Waals surface area contributed by atoms with Crippen LogP contribution in [-0.4, -0.2) is 31.8 Å². The van der Waals surface area contributed by atoms with Gasteiger partial charge in [0.2, 0.25) is 0 Å². The lowest BCUT2D eigenvalue weighted by Gasteiger charge is -2.14. The predicted octanol–water partition coefficient (Wildman–Crippen LogP) is 6.00. The van der Waals surface area contributed by atoms with Gasteiger partial charge in [0, 0.05) is 18.0 Å². The van der Waals surface area contributed by atoms with Crippen LogP contribution in [0.25, 0.3) is 22.0 Å². The van der Waals surface area contributed by atoms with E-state index in [-0.39, 0.29) is 23.3 Å². The minimum Gasteiger partial charge on any atom is -0.469 e. The van der Waals surface area contributed by atoms with Gasteiger partial charge in [-0.15, -0.1) is 13.2 Å². The molecule has 4 rings (SSSR count). The summed E-state index contributed by atoms with van der Waals surface area (Å²) in [5.41, 5.74) is 2.04. The third-order valence-corrected chi connectivity index (χ3v) is 7.68. The molecule has 1 heterocycles. The summed E-state index contributed by atoms with van der Waals surface area (Å²) >= 11 is 0. The Kier molecular flexibility index (Phi) is 7.00. The molecule has 0 saturated carbocycles. The van der Waals surface area contributed by atoms with Crippen LogP contribution < -0.4 is 4.74 Å². The second kappa shape index (κ2) is 9.89. The minimum atomic E-state index is -4.83. The summed E-state index contributed by atoms with van der Waals surface area (Å²) in [5.74, 6) is -1.45. The smallest absolute Gasteiger partial charge is 0.469 e. The molecule has 37 heavy (non-hydrogen) atoms. The third kappa shape index (κ3) is 5.46. The first kappa shape index (κ1) is 26.2. The number of alkyl halides is 3. The molecule has 0 aliphatic rings. The molecule has 0 aliphatic heterocycles. The van der Waals surface area contributed by atoms with E-state index in [0.717, 1.165) is 22.2 Å². The molecule has 0 saturated heterocycles. The number of carbonyl (C=O) groups is 1. The number of hydrogen-bond donors (Lipinski definition) is 0. The molecule has 0 bridgehead atoms. The molecule has 1 aromatic heterocycles. The standard InChI is InChI=1S/C26H21F4NO5S/c1-16-21(17-6-10-20(11-7-17)36-26(28,29)30)4-3-5-24(16)37(33,34)31-15-18(8-13-25(32)35-2)22-14-19(27)9-12-23(22)31/h3-7,9-12,14-15H,8,13H2,1-2H3. The Morgan fingerprint density at radius 3 is 2.38 bits per heavy atom. The molecule has 3 aromatic carbocycles. The number of ether oxygens (including phenoxy) is 2. The van der Waals surface area contributed by atoms with Gasteiger partial charge < -0.3 is 9.47 Å². The van der Waals surface area contributed by atoms with Gasteiger partial charge in [-0.25, -0.2) is 16.8 Å². The number of rotatable bonds is 7. The lowest BCUT2D eigenvalue weighted by atomic mass is 10.0. The van der Waals surface area contributed by atoms with Gasteiger partial charge in [0.15, 0.2) is 0 Å². The van der Waals surface area contributed by atoms with E-state index >= 15 is 0 Å². The van der Waals surface area contributed by atoms with Crippen molar-refractivity contribution in [1.29, 1.82) is 0 Å². The van der Waals surface area contributed by atoms with Crippen LogP contribution in [0.5, 0.6) is 5.75 Å². The van der Waals surface area contributed by atoms with Gasteiger partial charge in [-0.2, -0.15) is 0 Å². The molecule has 0 fully saturated rings. The van der Waals surface area contributed by atoms with Crippen LogP contribution in [0.4, 0.5) is 17.6 Å². The number of fused-ring (bicyclic) bond motifs is 1. The van der Waals surface area contributed by atoms with E-state index in [1.54, 1.807) is 13.0 Å². The van der Waals surface area contributed by atoms with Crippen LogP contribution in [0.15, 0.2) is 71.8 Å². The largest absolute Gasteiger partial charge is 0.573 e. The van der Waals surface area contributed by atoms with Crippen LogP contribution >= 0.6 is 0 Å². The van der Waals surface area contributed by atoms with E-state index in [1.165, 1.54) is 49.7 Å². The zero-order chi connectivity index (χ0) is 27.0. The van der Waals surface area contributed by atoms with E-state index in [1.807, 2.05) is 0 Å². The second-order valence-corrected chi connectivity index (χ2v) is 9.98. The van der Waals surface area contributed by atoms with Crippen molar-refractivity contribution in [1.82, 2.24) is 3.97 Å². The van der Waals surface area contributed by atoms with Crippen molar-refractivity contribution >= 4 is 26.9 Å². The maximum atomic E-state index is 14.0. The Hall–Kier alpha value is -3.86. The van der Waals surface area contributed by atoms with Crippen LogP contribution in [0, 0.1) is 12.7 Å². The van der Waals surface area contributed by atoms with Crippen LogP contribution in [0.3, 0.4) is 0 Å². The van der Waals surface area contributed by atoms with Gasteiger partial charge in [-0.05, 0) is 72.0 Å². The summed E-state index contributed by atoms with van der Waals surface area (Å²) in [6, 6.07) is 13.4. The monoisotopic (exact) mass is 535 g/mol. The fraction of sp³-hybridized carbons (Fsp3) is 0.192. The van der Waals surface area contributed by atoms with Crippen LogP contribution in [0.2, 0.25) is 0 Å². The van der Waals surface area contributed by atoms with Crippen LogP contribution in [0.1, 0.15) is 17.5 Å². The summed E-state index contributed by atoms with van der Waals surface area (Å²) in [6.07, 6.45) is -3.35. The Morgan fingerprint density at radius 2 is 1.73 bits per heavy atom. The number of esters is 1. The molecule has 0 spiro atoms. The van der Waals surface area contributed by atoms with Gasteiger partial charge in [-0.3, -0.25) is 4.79 Å². The molecule has 4 aromatic rings. The minimum absolute atomic E-state index is 0.0191. The number of nitrogens with zero attached hydrogens (tertiary/aromatic N) is 1. The molecule has 0 radical (unpaired) electrons. The maximum absolute atomic E-state index is 14.0. The first-order valence-electron chi connectivity index (χ1n) is 11.0. The van der Waals surface area contributed by atoms with E-state index in [9.17, 15) is 30.8 Å². The molecule has 0 N–H and O–H groups in total. The average molecular weight is 536 g/mol. The molecule has 0 atom stereocenters. The fourth-order valence-corrected chi connectivity index (χ4v) is 5.77. The number of halogens is 4. The summed E-state index contributed by atoms with van der Waals surface area (Å²) in [7, 11) is -2.95.